The van der Waals surface area contributed by atoms with E-state index in [-0.39, 0.29) is 6.03 Å². The van der Waals surface area contributed by atoms with E-state index in [0.717, 1.165) is 12.1 Å². The molecule has 0 heterocycles. The molecule has 0 fully saturated rings. The Kier molecular flexibility index (Phi) is 4.16. The number of benzene rings is 1. The molecule has 2 amide bonds. The lowest BCUT2D eigenvalue weighted by atomic mass is 10.1. The molecular formula is C12H18N2O. The fourth-order valence-electron chi connectivity index (χ4n) is 1.23. The third kappa shape index (κ3) is 3.27. The van der Waals surface area contributed by atoms with E-state index in [0.29, 0.717) is 6.54 Å². The summed E-state index contributed by atoms with van der Waals surface area (Å²) in [5, 5.41) is 2.85. The highest BCUT2D eigenvalue weighted by Gasteiger charge is 2.05. The molecule has 0 radical (unpaired) electrons. The summed E-state index contributed by atoms with van der Waals surface area (Å²) in [5.41, 5.74) is 2.09. The molecule has 0 saturated carbocycles. The van der Waals surface area contributed by atoms with Gasteiger partial charge < -0.3 is 10.2 Å². The van der Waals surface area contributed by atoms with E-state index in [2.05, 4.69) is 18.3 Å². The number of hydrogen-bond acceptors (Lipinski definition) is 1. The number of carbonyl (C=O) groups is 1. The summed E-state index contributed by atoms with van der Waals surface area (Å²) in [4.78, 5) is 13.2. The van der Waals surface area contributed by atoms with Crippen LogP contribution in [0.15, 0.2) is 24.3 Å². The van der Waals surface area contributed by atoms with Crippen LogP contribution in [-0.2, 0) is 6.42 Å². The normalized spacial score (nSPS) is 9.80. The molecule has 1 N–H and O–H groups in total. The third-order valence-corrected chi connectivity index (χ3v) is 2.41. The zero-order chi connectivity index (χ0) is 11.3. The Morgan fingerprint density at radius 1 is 1.40 bits per heavy atom. The van der Waals surface area contributed by atoms with Crippen molar-refractivity contribution in [2.45, 2.75) is 20.3 Å². The smallest absolute Gasteiger partial charge is 0.321 e. The first kappa shape index (κ1) is 11.6. The van der Waals surface area contributed by atoms with Gasteiger partial charge in [0.25, 0.3) is 0 Å². The molecule has 0 atom stereocenters. The van der Waals surface area contributed by atoms with Gasteiger partial charge in [0, 0.05) is 19.3 Å². The van der Waals surface area contributed by atoms with Crippen molar-refractivity contribution in [3.63, 3.8) is 0 Å². The summed E-state index contributed by atoms with van der Waals surface area (Å²) in [7, 11) is 1.78. The van der Waals surface area contributed by atoms with Crippen LogP contribution in [0.5, 0.6) is 0 Å². The Balaban J connectivity index is 2.68. The average molecular weight is 206 g/mol. The molecule has 1 aromatic carbocycles. The number of anilines is 1. The zero-order valence-corrected chi connectivity index (χ0v) is 9.58. The van der Waals surface area contributed by atoms with Gasteiger partial charge in [-0.25, -0.2) is 4.79 Å². The SMILES string of the molecule is CCc1cccc(NC(=O)N(C)CC)c1. The predicted octanol–water partition coefficient (Wildman–Crippen LogP) is 2.73. The van der Waals surface area contributed by atoms with Crippen LogP contribution in [0.25, 0.3) is 0 Å². The lowest BCUT2D eigenvalue weighted by molar-refractivity contribution is 0.224. The van der Waals surface area contributed by atoms with Crippen LogP contribution in [0, 0.1) is 0 Å². The lowest BCUT2D eigenvalue weighted by Gasteiger charge is -2.15. The van der Waals surface area contributed by atoms with Crippen LogP contribution in [0.4, 0.5) is 10.5 Å². The third-order valence-electron chi connectivity index (χ3n) is 2.41. The van der Waals surface area contributed by atoms with Crippen molar-refractivity contribution in [3.05, 3.63) is 29.8 Å². The van der Waals surface area contributed by atoms with Crippen molar-refractivity contribution in [1.29, 1.82) is 0 Å². The number of nitrogens with one attached hydrogen (secondary N) is 1. The molecule has 3 nitrogen and oxygen atoms in total. The summed E-state index contributed by atoms with van der Waals surface area (Å²) in [6.45, 7) is 4.75. The van der Waals surface area contributed by atoms with Gasteiger partial charge in [-0.15, -0.1) is 0 Å². The van der Waals surface area contributed by atoms with E-state index < -0.39 is 0 Å². The molecule has 1 aromatic rings. The first-order valence-electron chi connectivity index (χ1n) is 5.28. The molecule has 0 aliphatic heterocycles. The summed E-state index contributed by atoms with van der Waals surface area (Å²) in [6, 6.07) is 7.85. The minimum Gasteiger partial charge on any atom is -0.328 e. The highest BCUT2D eigenvalue weighted by Crippen LogP contribution is 2.11. The van der Waals surface area contributed by atoms with Gasteiger partial charge in [-0.2, -0.15) is 0 Å². The maximum Gasteiger partial charge on any atom is 0.321 e. The molecule has 0 bridgehead atoms. The maximum absolute atomic E-state index is 11.6. The number of nitrogens with zero attached hydrogens (tertiary/aromatic N) is 1. The summed E-state index contributed by atoms with van der Waals surface area (Å²) in [6.07, 6.45) is 0.979. The van der Waals surface area contributed by atoms with E-state index in [9.17, 15) is 4.79 Å². The molecule has 0 aliphatic carbocycles. The standard InChI is InChI=1S/C12H18N2O/c1-4-10-7-6-8-11(9-10)13-12(15)14(3)5-2/h6-9H,4-5H2,1-3H3,(H,13,15). The van der Waals surface area contributed by atoms with Crippen molar-refractivity contribution in [1.82, 2.24) is 4.90 Å². The van der Waals surface area contributed by atoms with Gasteiger partial charge in [-0.1, -0.05) is 19.1 Å². The second kappa shape index (κ2) is 5.39. The summed E-state index contributed by atoms with van der Waals surface area (Å²) < 4.78 is 0. The molecule has 0 spiro atoms. The minimum atomic E-state index is -0.0641. The molecule has 3 heteroatoms. The van der Waals surface area contributed by atoms with Crippen molar-refractivity contribution < 1.29 is 4.79 Å². The average Bonchev–Trinajstić information content (AvgIpc) is 2.28. The first-order valence-corrected chi connectivity index (χ1v) is 5.28. The summed E-state index contributed by atoms with van der Waals surface area (Å²) in [5.74, 6) is 0. The molecule has 0 aromatic heterocycles. The Morgan fingerprint density at radius 3 is 2.73 bits per heavy atom. The van der Waals surface area contributed by atoms with Gasteiger partial charge in [0.1, 0.15) is 0 Å². The summed E-state index contributed by atoms with van der Waals surface area (Å²) >= 11 is 0. The fraction of sp³-hybridized carbons (Fsp3) is 0.417. The van der Waals surface area contributed by atoms with Crippen LogP contribution in [-0.4, -0.2) is 24.5 Å². The molecule has 15 heavy (non-hydrogen) atoms. The van der Waals surface area contributed by atoms with Crippen molar-refractivity contribution in [3.8, 4) is 0 Å². The second-order valence-electron chi connectivity index (χ2n) is 3.50. The van der Waals surface area contributed by atoms with Gasteiger partial charge in [-0.05, 0) is 31.0 Å². The van der Waals surface area contributed by atoms with Gasteiger partial charge in [-0.3, -0.25) is 0 Å². The van der Waals surface area contributed by atoms with Crippen LogP contribution in [0.1, 0.15) is 19.4 Å². The van der Waals surface area contributed by atoms with E-state index in [1.165, 1.54) is 5.56 Å². The number of carbonyl (C=O) groups excluding carboxylic acids is 1. The van der Waals surface area contributed by atoms with E-state index in [4.69, 9.17) is 0 Å². The highest BCUT2D eigenvalue weighted by molar-refractivity contribution is 5.89. The van der Waals surface area contributed by atoms with E-state index in [1.54, 1.807) is 11.9 Å². The number of rotatable bonds is 3. The second-order valence-corrected chi connectivity index (χ2v) is 3.50. The van der Waals surface area contributed by atoms with Crippen LogP contribution >= 0.6 is 0 Å². The number of urea groups is 1. The lowest BCUT2D eigenvalue weighted by Crippen LogP contribution is -2.30. The first-order chi connectivity index (χ1) is 7.17. The molecule has 0 aliphatic rings. The number of amides is 2. The highest BCUT2D eigenvalue weighted by atomic mass is 16.2. The number of aryl methyl sites for hydroxylation is 1. The van der Waals surface area contributed by atoms with E-state index in [1.807, 2.05) is 25.1 Å². The number of hydrogen-bond donors (Lipinski definition) is 1. The van der Waals surface area contributed by atoms with Gasteiger partial charge in [0.15, 0.2) is 0 Å². The van der Waals surface area contributed by atoms with E-state index >= 15 is 0 Å². The largest absolute Gasteiger partial charge is 0.328 e. The topological polar surface area (TPSA) is 32.3 Å². The van der Waals surface area contributed by atoms with Crippen molar-refractivity contribution >= 4 is 11.7 Å². The Morgan fingerprint density at radius 2 is 2.13 bits per heavy atom. The fourth-order valence-corrected chi connectivity index (χ4v) is 1.23. The Labute approximate surface area is 91.1 Å². The van der Waals surface area contributed by atoms with Crippen LogP contribution < -0.4 is 5.32 Å². The minimum absolute atomic E-state index is 0.0641. The van der Waals surface area contributed by atoms with Crippen molar-refractivity contribution in [2.24, 2.45) is 0 Å². The molecule has 0 saturated heterocycles. The Hall–Kier alpha value is -1.51. The van der Waals surface area contributed by atoms with Gasteiger partial charge >= 0.3 is 6.03 Å². The predicted molar refractivity (Wildman–Crippen MR) is 63.1 cm³/mol. The Bertz CT molecular complexity index is 336. The van der Waals surface area contributed by atoms with Crippen molar-refractivity contribution in [2.75, 3.05) is 18.9 Å². The molecule has 1 rings (SSSR count). The van der Waals surface area contributed by atoms with Gasteiger partial charge in [0.05, 0.1) is 0 Å². The van der Waals surface area contributed by atoms with Crippen LogP contribution in [0.2, 0.25) is 0 Å². The van der Waals surface area contributed by atoms with Gasteiger partial charge in [0.2, 0.25) is 0 Å². The molecule has 0 unspecified atom stereocenters. The monoisotopic (exact) mass is 206 g/mol. The zero-order valence-electron chi connectivity index (χ0n) is 9.58. The molecular weight excluding hydrogens is 188 g/mol. The van der Waals surface area contributed by atoms with Crippen LogP contribution in [0.3, 0.4) is 0 Å². The molecule has 82 valence electrons. The maximum atomic E-state index is 11.6. The quantitative estimate of drug-likeness (QED) is 0.810.